The number of rotatable bonds is 6. The van der Waals surface area contributed by atoms with Crippen LogP contribution >= 0.6 is 11.6 Å². The first-order chi connectivity index (χ1) is 13.3. The Hall–Kier alpha value is -3.07. The minimum atomic E-state index is -4.67. The van der Waals surface area contributed by atoms with Gasteiger partial charge >= 0.3 is 6.18 Å². The Morgan fingerprint density at radius 2 is 2.00 bits per heavy atom. The van der Waals surface area contributed by atoms with Crippen LogP contribution in [0, 0.1) is 0 Å². The van der Waals surface area contributed by atoms with Crippen LogP contribution in [0.5, 0.6) is 5.88 Å². The molecule has 1 amide bonds. The molecule has 0 fully saturated rings. The van der Waals surface area contributed by atoms with E-state index in [0.717, 1.165) is 16.3 Å². The lowest BCUT2D eigenvalue weighted by atomic mass is 10.3. The summed E-state index contributed by atoms with van der Waals surface area (Å²) in [5, 5.41) is 6.31. The molecule has 6 nitrogen and oxygen atoms in total. The van der Waals surface area contributed by atoms with E-state index in [1.54, 1.807) is 36.7 Å². The zero-order valence-electron chi connectivity index (χ0n) is 14.3. The highest BCUT2D eigenvalue weighted by molar-refractivity contribution is 6.32. The van der Waals surface area contributed by atoms with Crippen molar-refractivity contribution >= 4 is 17.5 Å². The summed E-state index contributed by atoms with van der Waals surface area (Å²) >= 11 is 6.05. The molecule has 146 valence electrons. The van der Waals surface area contributed by atoms with E-state index in [1.807, 2.05) is 0 Å². The van der Waals surface area contributed by atoms with Gasteiger partial charge in [0.2, 0.25) is 5.88 Å². The predicted octanol–water partition coefficient (Wildman–Crippen LogP) is 3.63. The van der Waals surface area contributed by atoms with Crippen molar-refractivity contribution in [2.75, 3.05) is 6.61 Å². The molecule has 0 saturated heterocycles. The van der Waals surface area contributed by atoms with Crippen LogP contribution in [0.15, 0.2) is 54.9 Å². The van der Waals surface area contributed by atoms with E-state index in [-0.39, 0.29) is 23.1 Å². The standard InChI is InChI=1S/C18H14ClF3N4O2/c19-13-5-1-2-6-14(13)26-17(8-15(25-26)18(20,21)22)28-11-16(27)24-10-12-4-3-7-23-9-12/h1-9H,10-11H2,(H,24,27). The summed E-state index contributed by atoms with van der Waals surface area (Å²) in [6.45, 7) is -0.276. The summed E-state index contributed by atoms with van der Waals surface area (Å²) in [5.41, 5.74) is -0.181. The Kier molecular flexibility index (Phi) is 5.84. The number of nitrogens with zero attached hydrogens (tertiary/aromatic N) is 3. The van der Waals surface area contributed by atoms with Crippen LogP contribution in [-0.2, 0) is 17.5 Å². The number of nitrogens with one attached hydrogen (secondary N) is 1. The Morgan fingerprint density at radius 1 is 1.21 bits per heavy atom. The molecule has 28 heavy (non-hydrogen) atoms. The van der Waals surface area contributed by atoms with Gasteiger partial charge in [0.25, 0.3) is 5.91 Å². The molecule has 0 radical (unpaired) electrons. The summed E-state index contributed by atoms with van der Waals surface area (Å²) < 4.78 is 45.4. The van der Waals surface area contributed by atoms with Gasteiger partial charge in [-0.05, 0) is 23.8 Å². The normalized spacial score (nSPS) is 11.3. The fourth-order valence-electron chi connectivity index (χ4n) is 2.30. The van der Waals surface area contributed by atoms with E-state index >= 15 is 0 Å². The second-order valence-electron chi connectivity index (χ2n) is 5.66. The number of ether oxygens (including phenoxy) is 1. The van der Waals surface area contributed by atoms with E-state index in [1.165, 1.54) is 12.1 Å². The van der Waals surface area contributed by atoms with Gasteiger partial charge in [0.15, 0.2) is 12.3 Å². The first-order valence-corrected chi connectivity index (χ1v) is 8.43. The van der Waals surface area contributed by atoms with Crippen molar-refractivity contribution in [3.05, 3.63) is 71.1 Å². The topological polar surface area (TPSA) is 69.0 Å². The molecule has 0 bridgehead atoms. The number of carbonyl (C=O) groups is 1. The van der Waals surface area contributed by atoms with Crippen molar-refractivity contribution in [1.29, 1.82) is 0 Å². The van der Waals surface area contributed by atoms with Crippen molar-refractivity contribution in [3.8, 4) is 11.6 Å². The van der Waals surface area contributed by atoms with Gasteiger partial charge in [0.1, 0.15) is 0 Å². The Labute approximate surface area is 162 Å². The summed E-state index contributed by atoms with van der Waals surface area (Å²) in [7, 11) is 0. The first kappa shape index (κ1) is 19.7. The number of alkyl halides is 3. The predicted molar refractivity (Wildman–Crippen MR) is 95.2 cm³/mol. The molecule has 0 saturated carbocycles. The van der Waals surface area contributed by atoms with Crippen LogP contribution < -0.4 is 10.1 Å². The fourth-order valence-corrected chi connectivity index (χ4v) is 2.51. The summed E-state index contributed by atoms with van der Waals surface area (Å²) in [6, 6.07) is 10.4. The highest BCUT2D eigenvalue weighted by Crippen LogP contribution is 2.33. The van der Waals surface area contributed by atoms with Crippen LogP contribution in [0.25, 0.3) is 5.69 Å². The third-order valence-corrected chi connectivity index (χ3v) is 3.93. The van der Waals surface area contributed by atoms with E-state index < -0.39 is 24.4 Å². The molecule has 0 spiro atoms. The highest BCUT2D eigenvalue weighted by atomic mass is 35.5. The number of benzene rings is 1. The minimum absolute atomic E-state index is 0.185. The Bertz CT molecular complexity index is 961. The Balaban J connectivity index is 1.74. The Morgan fingerprint density at radius 3 is 2.68 bits per heavy atom. The molecule has 3 rings (SSSR count). The van der Waals surface area contributed by atoms with Gasteiger partial charge in [-0.25, -0.2) is 0 Å². The van der Waals surface area contributed by atoms with Crippen molar-refractivity contribution in [2.24, 2.45) is 0 Å². The molecule has 0 aliphatic rings. The van der Waals surface area contributed by atoms with Crippen molar-refractivity contribution in [3.63, 3.8) is 0 Å². The highest BCUT2D eigenvalue weighted by Gasteiger charge is 2.35. The first-order valence-electron chi connectivity index (χ1n) is 8.05. The third-order valence-electron chi connectivity index (χ3n) is 3.61. The summed E-state index contributed by atoms with van der Waals surface area (Å²) in [6.07, 6.45) is -1.49. The summed E-state index contributed by atoms with van der Waals surface area (Å²) in [5.74, 6) is -0.763. The van der Waals surface area contributed by atoms with Gasteiger partial charge in [-0.2, -0.15) is 23.0 Å². The van der Waals surface area contributed by atoms with Crippen LogP contribution in [0.2, 0.25) is 5.02 Å². The number of aromatic nitrogens is 3. The number of amides is 1. The molecule has 2 heterocycles. The van der Waals surface area contributed by atoms with Gasteiger partial charge in [-0.15, -0.1) is 0 Å². The molecule has 0 unspecified atom stereocenters. The maximum atomic E-state index is 13.1. The average Bonchev–Trinajstić information content (AvgIpc) is 3.10. The van der Waals surface area contributed by atoms with Crippen molar-refractivity contribution < 1.29 is 22.7 Å². The second-order valence-corrected chi connectivity index (χ2v) is 6.06. The molecule has 1 aromatic carbocycles. The fraction of sp³-hybridized carbons (Fsp3) is 0.167. The average molecular weight is 411 g/mol. The van der Waals surface area contributed by atoms with Crippen molar-refractivity contribution in [2.45, 2.75) is 12.7 Å². The number of hydrogen-bond donors (Lipinski definition) is 1. The number of carbonyl (C=O) groups excluding carboxylic acids is 1. The van der Waals surface area contributed by atoms with Gasteiger partial charge < -0.3 is 10.1 Å². The summed E-state index contributed by atoms with van der Waals surface area (Å²) in [4.78, 5) is 15.9. The quantitative estimate of drug-likeness (QED) is 0.673. The molecule has 1 N–H and O–H groups in total. The molecule has 10 heteroatoms. The SMILES string of the molecule is O=C(COc1cc(C(F)(F)F)nn1-c1ccccc1Cl)NCc1cccnc1. The zero-order chi connectivity index (χ0) is 20.1. The van der Waals surface area contributed by atoms with Crippen LogP contribution in [0.3, 0.4) is 0 Å². The van der Waals surface area contributed by atoms with Gasteiger partial charge in [0, 0.05) is 25.0 Å². The molecular weight excluding hydrogens is 397 g/mol. The lowest BCUT2D eigenvalue weighted by molar-refractivity contribution is -0.141. The van der Waals surface area contributed by atoms with Gasteiger partial charge in [-0.3, -0.25) is 9.78 Å². The second kappa shape index (κ2) is 8.30. The molecule has 0 aliphatic carbocycles. The maximum Gasteiger partial charge on any atom is 0.435 e. The van der Waals surface area contributed by atoms with E-state index in [2.05, 4.69) is 15.4 Å². The lowest BCUT2D eigenvalue weighted by Crippen LogP contribution is -2.28. The largest absolute Gasteiger partial charge is 0.467 e. The van der Waals surface area contributed by atoms with Gasteiger partial charge in [0.05, 0.1) is 10.7 Å². The molecule has 0 aliphatic heterocycles. The molecular formula is C18H14ClF3N4O2. The van der Waals surface area contributed by atoms with Crippen LogP contribution in [0.1, 0.15) is 11.3 Å². The van der Waals surface area contributed by atoms with E-state index in [4.69, 9.17) is 16.3 Å². The number of para-hydroxylation sites is 1. The van der Waals surface area contributed by atoms with E-state index in [9.17, 15) is 18.0 Å². The zero-order valence-corrected chi connectivity index (χ0v) is 15.0. The number of pyridine rings is 1. The maximum absolute atomic E-state index is 13.1. The monoisotopic (exact) mass is 410 g/mol. The molecule has 2 aromatic heterocycles. The lowest BCUT2D eigenvalue weighted by Gasteiger charge is -2.10. The van der Waals surface area contributed by atoms with E-state index in [0.29, 0.717) is 0 Å². The van der Waals surface area contributed by atoms with Crippen LogP contribution in [-0.4, -0.2) is 27.3 Å². The minimum Gasteiger partial charge on any atom is -0.467 e. The molecule has 3 aromatic rings. The van der Waals surface area contributed by atoms with Gasteiger partial charge in [-0.1, -0.05) is 29.8 Å². The number of halogens is 4. The smallest absolute Gasteiger partial charge is 0.435 e. The van der Waals surface area contributed by atoms with Crippen LogP contribution in [0.4, 0.5) is 13.2 Å². The molecule has 0 atom stereocenters. The third kappa shape index (κ3) is 4.80. The van der Waals surface area contributed by atoms with Crippen molar-refractivity contribution in [1.82, 2.24) is 20.1 Å². The number of hydrogen-bond acceptors (Lipinski definition) is 4.